The number of nitrogens with one attached hydrogen (secondary N) is 1. The average Bonchev–Trinajstić information content (AvgIpc) is 3.22. The van der Waals surface area contributed by atoms with Gasteiger partial charge in [0.1, 0.15) is 6.04 Å². The summed E-state index contributed by atoms with van der Waals surface area (Å²) in [6.07, 6.45) is 7.01. The number of hydrogen-bond donors (Lipinski definition) is 3. The second-order valence-electron chi connectivity index (χ2n) is 6.78. The molecule has 0 bridgehead atoms. The van der Waals surface area contributed by atoms with Crippen molar-refractivity contribution in [3.63, 3.8) is 0 Å². The van der Waals surface area contributed by atoms with E-state index in [1.54, 1.807) is 12.3 Å². The maximum atomic E-state index is 12.4. The van der Waals surface area contributed by atoms with Crippen molar-refractivity contribution in [3.05, 3.63) is 28.9 Å². The first-order chi connectivity index (χ1) is 12.9. The Kier molecular flexibility index (Phi) is 5.59. The zero-order valence-electron chi connectivity index (χ0n) is 15.3. The van der Waals surface area contributed by atoms with E-state index in [1.165, 1.54) is 16.2 Å². The Morgan fingerprint density at radius 1 is 1.37 bits per heavy atom. The lowest BCUT2D eigenvalue weighted by Crippen LogP contribution is -2.45. The number of thiazole rings is 1. The van der Waals surface area contributed by atoms with Gasteiger partial charge >= 0.3 is 6.03 Å². The van der Waals surface area contributed by atoms with Crippen molar-refractivity contribution in [1.82, 2.24) is 9.88 Å². The number of aryl methyl sites for hydroxylation is 1. The number of hydrogen-bond acceptors (Lipinski definition) is 6. The van der Waals surface area contributed by atoms with Crippen LogP contribution in [0.15, 0.2) is 23.3 Å². The molecule has 0 radical (unpaired) electrons. The van der Waals surface area contributed by atoms with Gasteiger partial charge in [-0.05, 0) is 38.7 Å². The van der Waals surface area contributed by atoms with Gasteiger partial charge in [0.2, 0.25) is 5.91 Å². The van der Waals surface area contributed by atoms with E-state index in [2.05, 4.69) is 21.9 Å². The summed E-state index contributed by atoms with van der Waals surface area (Å²) in [6.45, 7) is 6.26. The molecule has 1 saturated heterocycles. The number of aliphatic imine (C=N–C) groups is 1. The lowest BCUT2D eigenvalue weighted by Gasteiger charge is -2.21. The normalized spacial score (nSPS) is 20.3. The van der Waals surface area contributed by atoms with Gasteiger partial charge < -0.3 is 16.4 Å². The van der Waals surface area contributed by atoms with E-state index in [-0.39, 0.29) is 6.03 Å². The van der Waals surface area contributed by atoms with Crippen LogP contribution in [-0.4, -0.2) is 40.6 Å². The van der Waals surface area contributed by atoms with Crippen molar-refractivity contribution in [3.8, 4) is 0 Å². The zero-order chi connectivity index (χ0) is 19.6. The number of nitrogens with zero attached hydrogens (tertiary/aromatic N) is 3. The van der Waals surface area contributed by atoms with E-state index >= 15 is 0 Å². The molecule has 2 aliphatic rings. The number of rotatable bonds is 6. The molecule has 144 valence electrons. The van der Waals surface area contributed by atoms with Gasteiger partial charge in [-0.25, -0.2) is 9.78 Å². The topological polar surface area (TPSA) is 127 Å². The van der Waals surface area contributed by atoms with Gasteiger partial charge in [0.15, 0.2) is 5.13 Å². The van der Waals surface area contributed by atoms with Gasteiger partial charge in [0.05, 0.1) is 16.3 Å². The van der Waals surface area contributed by atoms with Crippen LogP contribution in [0.1, 0.15) is 36.3 Å². The zero-order valence-corrected chi connectivity index (χ0v) is 16.1. The highest BCUT2D eigenvalue weighted by atomic mass is 32.1. The molecule has 27 heavy (non-hydrogen) atoms. The molecule has 1 aliphatic heterocycles. The van der Waals surface area contributed by atoms with Crippen molar-refractivity contribution < 1.29 is 9.59 Å². The maximum absolute atomic E-state index is 12.4. The molecule has 5 N–H and O–H groups in total. The van der Waals surface area contributed by atoms with Crippen LogP contribution < -0.4 is 16.8 Å². The Labute approximate surface area is 162 Å². The third kappa shape index (κ3) is 4.54. The predicted octanol–water partition coefficient (Wildman–Crippen LogP) is 2.23. The van der Waals surface area contributed by atoms with Crippen molar-refractivity contribution >= 4 is 40.3 Å². The van der Waals surface area contributed by atoms with Crippen LogP contribution >= 0.6 is 11.3 Å². The summed E-state index contributed by atoms with van der Waals surface area (Å²) < 4.78 is 0. The van der Waals surface area contributed by atoms with Crippen molar-refractivity contribution in [2.75, 3.05) is 11.9 Å². The van der Waals surface area contributed by atoms with Gasteiger partial charge in [-0.1, -0.05) is 17.9 Å². The second kappa shape index (κ2) is 7.91. The molecule has 8 nitrogen and oxygen atoms in total. The van der Waals surface area contributed by atoms with Crippen LogP contribution in [-0.2, 0) is 4.79 Å². The first-order valence-electron chi connectivity index (χ1n) is 8.90. The summed E-state index contributed by atoms with van der Waals surface area (Å²) in [7, 11) is 0. The highest BCUT2D eigenvalue weighted by Gasteiger charge is 2.33. The van der Waals surface area contributed by atoms with E-state index in [1.807, 2.05) is 6.92 Å². The van der Waals surface area contributed by atoms with E-state index in [0.29, 0.717) is 35.4 Å². The molecule has 1 atom stereocenters. The third-order valence-electron chi connectivity index (χ3n) is 4.66. The standard InChI is InChI=1S/C18H24N6O2S/c1-10(12-5-6-12)21-8-7-13(19)15-11(2)22-17(27-15)23-18(26)24-9-3-4-14(24)16(20)25/h7-8,12,14H,1,3-6,9,19H2,2H3,(H2,20,25)(H,22,23,26)/b13-7-,21-8?/t14-/m0/s1. The molecule has 0 unspecified atom stereocenters. The number of likely N-dealkylation sites (tertiary alicyclic amines) is 1. The molecule has 3 rings (SSSR count). The highest BCUT2D eigenvalue weighted by molar-refractivity contribution is 7.16. The Bertz CT molecular complexity index is 824. The van der Waals surface area contributed by atoms with Crippen LogP contribution in [0.2, 0.25) is 0 Å². The molecule has 2 fully saturated rings. The van der Waals surface area contributed by atoms with Gasteiger partial charge in [-0.15, -0.1) is 0 Å². The Balaban J connectivity index is 1.65. The molecule has 1 saturated carbocycles. The average molecular weight is 388 g/mol. The first-order valence-corrected chi connectivity index (χ1v) is 9.72. The fourth-order valence-electron chi connectivity index (χ4n) is 3.00. The largest absolute Gasteiger partial charge is 0.397 e. The van der Waals surface area contributed by atoms with Gasteiger partial charge in [-0.2, -0.15) is 0 Å². The second-order valence-corrected chi connectivity index (χ2v) is 7.78. The molecule has 0 aromatic carbocycles. The van der Waals surface area contributed by atoms with E-state index in [0.717, 1.165) is 29.8 Å². The van der Waals surface area contributed by atoms with Crippen LogP contribution in [0.25, 0.3) is 5.70 Å². The van der Waals surface area contributed by atoms with Crippen LogP contribution in [0, 0.1) is 12.8 Å². The Morgan fingerprint density at radius 3 is 2.78 bits per heavy atom. The van der Waals surface area contributed by atoms with Crippen LogP contribution in [0.5, 0.6) is 0 Å². The number of carbonyl (C=O) groups excluding carboxylic acids is 2. The SMILES string of the molecule is C=C(N=C/C=C(\N)c1sc(NC(=O)N2CCC[C@H]2C(N)=O)nc1C)C1CC1. The summed E-state index contributed by atoms with van der Waals surface area (Å²) >= 11 is 1.28. The van der Waals surface area contributed by atoms with Crippen LogP contribution in [0.3, 0.4) is 0 Å². The number of urea groups is 1. The fourth-order valence-corrected chi connectivity index (χ4v) is 3.89. The van der Waals surface area contributed by atoms with E-state index in [9.17, 15) is 9.59 Å². The minimum Gasteiger partial charge on any atom is -0.397 e. The molecule has 2 heterocycles. The molecule has 9 heteroatoms. The van der Waals surface area contributed by atoms with Crippen LogP contribution in [0.4, 0.5) is 9.93 Å². The first kappa shape index (κ1) is 19.1. The third-order valence-corrected chi connectivity index (χ3v) is 5.78. The number of amides is 3. The number of anilines is 1. The van der Waals surface area contributed by atoms with E-state index < -0.39 is 11.9 Å². The number of nitrogens with two attached hydrogens (primary N) is 2. The number of allylic oxidation sites excluding steroid dienone is 2. The summed E-state index contributed by atoms with van der Waals surface area (Å²) in [5.74, 6) is 0.0237. The maximum Gasteiger partial charge on any atom is 0.324 e. The Hall–Kier alpha value is -2.68. The van der Waals surface area contributed by atoms with Crippen molar-refractivity contribution in [2.24, 2.45) is 22.4 Å². The minimum atomic E-state index is -0.564. The van der Waals surface area contributed by atoms with Gasteiger partial charge in [0.25, 0.3) is 0 Å². The number of aromatic nitrogens is 1. The lowest BCUT2D eigenvalue weighted by molar-refractivity contribution is -0.121. The fraction of sp³-hybridized carbons (Fsp3) is 0.444. The highest BCUT2D eigenvalue weighted by Crippen LogP contribution is 2.35. The number of primary amides is 1. The van der Waals surface area contributed by atoms with Crippen molar-refractivity contribution in [1.29, 1.82) is 0 Å². The van der Waals surface area contributed by atoms with E-state index in [4.69, 9.17) is 11.5 Å². The Morgan fingerprint density at radius 2 is 2.11 bits per heavy atom. The minimum absolute atomic E-state index is 0.374. The molecule has 1 aliphatic carbocycles. The molecule has 1 aromatic heterocycles. The monoisotopic (exact) mass is 388 g/mol. The molecule has 0 spiro atoms. The number of carbonyl (C=O) groups is 2. The van der Waals surface area contributed by atoms with Gasteiger partial charge in [-0.3, -0.25) is 15.1 Å². The van der Waals surface area contributed by atoms with Crippen molar-refractivity contribution in [2.45, 2.75) is 38.6 Å². The molecule has 3 amide bonds. The molecular weight excluding hydrogens is 364 g/mol. The molecular formula is C18H24N6O2S. The lowest BCUT2D eigenvalue weighted by atomic mass is 10.2. The summed E-state index contributed by atoms with van der Waals surface area (Å²) in [6, 6.07) is -0.937. The van der Waals surface area contributed by atoms with Gasteiger partial charge in [0, 0.05) is 24.4 Å². The summed E-state index contributed by atoms with van der Waals surface area (Å²) in [5, 5.41) is 3.17. The quantitative estimate of drug-likeness (QED) is 0.646. The summed E-state index contributed by atoms with van der Waals surface area (Å²) in [5.41, 5.74) is 13.6. The predicted molar refractivity (Wildman–Crippen MR) is 107 cm³/mol. The smallest absolute Gasteiger partial charge is 0.324 e. The molecule has 1 aromatic rings. The summed E-state index contributed by atoms with van der Waals surface area (Å²) in [4.78, 5) is 34.8.